The van der Waals surface area contributed by atoms with Crippen LogP contribution in [0.15, 0.2) is 41.3 Å². The number of rotatable bonds is 3. The molecule has 0 aliphatic rings. The molecule has 0 bridgehead atoms. The van der Waals surface area contributed by atoms with Crippen molar-refractivity contribution in [1.29, 1.82) is 0 Å². The van der Waals surface area contributed by atoms with Crippen LogP contribution in [0, 0.1) is 0 Å². The second kappa shape index (κ2) is 5.49. The lowest BCUT2D eigenvalue weighted by Crippen LogP contribution is -2.02. The normalized spacial score (nSPS) is 11.3. The third-order valence-corrected chi connectivity index (χ3v) is 3.72. The minimum atomic E-state index is -4.47. The molecule has 0 radical (unpaired) electrons. The van der Waals surface area contributed by atoms with Gasteiger partial charge in [0.05, 0.1) is 5.69 Å². The van der Waals surface area contributed by atoms with Crippen molar-refractivity contribution < 1.29 is 17.7 Å². The van der Waals surface area contributed by atoms with Gasteiger partial charge in [0.2, 0.25) is 0 Å². The van der Waals surface area contributed by atoms with Gasteiger partial charge in [-0.1, -0.05) is 23.2 Å². The molecule has 0 saturated carbocycles. The number of nitrogen functional groups attached to an aromatic ring is 1. The Balaban J connectivity index is 2.49. The van der Waals surface area contributed by atoms with E-state index in [0.29, 0.717) is 5.02 Å². The summed E-state index contributed by atoms with van der Waals surface area (Å²) in [6.45, 7) is 0. The zero-order valence-electron chi connectivity index (χ0n) is 9.88. The van der Waals surface area contributed by atoms with Gasteiger partial charge in [0.15, 0.2) is 0 Å². The summed E-state index contributed by atoms with van der Waals surface area (Å²) in [6, 6.07) is 8.31. The highest BCUT2D eigenvalue weighted by atomic mass is 35.5. The van der Waals surface area contributed by atoms with E-state index in [-0.39, 0.29) is 22.2 Å². The molecule has 0 atom stereocenters. The Hall–Kier alpha value is -1.47. The molecule has 0 aliphatic heterocycles. The fourth-order valence-electron chi connectivity index (χ4n) is 1.50. The van der Waals surface area contributed by atoms with Gasteiger partial charge in [-0.25, -0.2) is 0 Å². The molecule has 106 valence electrons. The maximum Gasteiger partial charge on any atom is 0.298 e. The fraction of sp³-hybridized carbons (Fsp3) is 0. The minimum Gasteiger partial charge on any atom is -0.454 e. The summed E-state index contributed by atoms with van der Waals surface area (Å²) < 4.78 is 37.2. The van der Waals surface area contributed by atoms with Gasteiger partial charge in [0, 0.05) is 10.0 Å². The van der Waals surface area contributed by atoms with E-state index in [1.54, 1.807) is 0 Å². The van der Waals surface area contributed by atoms with Gasteiger partial charge in [0.1, 0.15) is 16.4 Å². The first-order valence-electron chi connectivity index (χ1n) is 5.27. The summed E-state index contributed by atoms with van der Waals surface area (Å²) in [4.78, 5) is -0.445. The zero-order valence-corrected chi connectivity index (χ0v) is 12.2. The topological polar surface area (TPSA) is 89.6 Å². The first-order valence-corrected chi connectivity index (χ1v) is 7.47. The van der Waals surface area contributed by atoms with Crippen LogP contribution in [0.4, 0.5) is 5.69 Å². The van der Waals surface area contributed by atoms with Crippen molar-refractivity contribution in [2.75, 3.05) is 5.73 Å². The van der Waals surface area contributed by atoms with Crippen LogP contribution in [0.1, 0.15) is 0 Å². The molecule has 0 aromatic heterocycles. The Bertz CT molecular complexity index is 762. The monoisotopic (exact) mass is 333 g/mol. The van der Waals surface area contributed by atoms with Crippen molar-refractivity contribution in [3.63, 3.8) is 0 Å². The predicted octanol–water partition coefficient (Wildman–Crippen LogP) is 3.61. The second-order valence-corrected chi connectivity index (χ2v) is 6.11. The highest BCUT2D eigenvalue weighted by Crippen LogP contribution is 2.34. The molecule has 2 rings (SSSR count). The average Bonchev–Trinajstić information content (AvgIpc) is 2.33. The van der Waals surface area contributed by atoms with E-state index >= 15 is 0 Å². The third kappa shape index (κ3) is 3.34. The molecule has 0 fully saturated rings. The molecule has 0 unspecified atom stereocenters. The van der Waals surface area contributed by atoms with Gasteiger partial charge in [-0.15, -0.1) is 0 Å². The SMILES string of the molecule is Nc1cc(Cl)ccc1Oc1ccc(Cl)cc1S(=O)(=O)O. The van der Waals surface area contributed by atoms with Crippen LogP contribution in [-0.2, 0) is 10.1 Å². The molecule has 0 heterocycles. The molecule has 0 spiro atoms. The van der Waals surface area contributed by atoms with E-state index in [2.05, 4.69) is 0 Å². The summed E-state index contributed by atoms with van der Waals surface area (Å²) in [7, 11) is -4.47. The molecule has 20 heavy (non-hydrogen) atoms. The molecule has 5 nitrogen and oxygen atoms in total. The number of halogens is 2. The second-order valence-electron chi connectivity index (χ2n) is 3.85. The Morgan fingerprint density at radius 3 is 2.10 bits per heavy atom. The molecule has 2 aromatic rings. The summed E-state index contributed by atoms with van der Waals surface area (Å²) in [5.41, 5.74) is 5.94. The van der Waals surface area contributed by atoms with Crippen molar-refractivity contribution in [1.82, 2.24) is 0 Å². The molecule has 3 N–H and O–H groups in total. The molecular weight excluding hydrogens is 325 g/mol. The van der Waals surface area contributed by atoms with Gasteiger partial charge in [-0.05, 0) is 36.4 Å². The van der Waals surface area contributed by atoms with E-state index in [1.807, 2.05) is 0 Å². The van der Waals surface area contributed by atoms with Gasteiger partial charge >= 0.3 is 0 Å². The van der Waals surface area contributed by atoms with Gasteiger partial charge in [0.25, 0.3) is 10.1 Å². The van der Waals surface area contributed by atoms with E-state index in [0.717, 1.165) is 6.07 Å². The largest absolute Gasteiger partial charge is 0.454 e. The number of hydrogen-bond acceptors (Lipinski definition) is 4. The van der Waals surface area contributed by atoms with Gasteiger partial charge in [-0.3, -0.25) is 4.55 Å². The minimum absolute atomic E-state index is 0.0917. The molecule has 8 heteroatoms. The lowest BCUT2D eigenvalue weighted by Gasteiger charge is -2.11. The number of anilines is 1. The molecule has 0 aliphatic carbocycles. The van der Waals surface area contributed by atoms with E-state index in [1.165, 1.54) is 30.3 Å². The van der Waals surface area contributed by atoms with E-state index < -0.39 is 15.0 Å². The van der Waals surface area contributed by atoms with Crippen LogP contribution >= 0.6 is 23.2 Å². The smallest absolute Gasteiger partial charge is 0.298 e. The average molecular weight is 334 g/mol. The summed E-state index contributed by atoms with van der Waals surface area (Å²) in [5.74, 6) is 0.118. The maximum atomic E-state index is 11.3. The quantitative estimate of drug-likeness (QED) is 0.661. The Kier molecular flexibility index (Phi) is 4.10. The summed E-state index contributed by atoms with van der Waals surface area (Å²) in [6.07, 6.45) is 0. The van der Waals surface area contributed by atoms with Crippen LogP contribution in [0.3, 0.4) is 0 Å². The van der Waals surface area contributed by atoms with Crippen molar-refractivity contribution >= 4 is 39.0 Å². The summed E-state index contributed by atoms with van der Waals surface area (Å²) >= 11 is 11.5. The number of ether oxygens (including phenoxy) is 1. The van der Waals surface area contributed by atoms with Crippen LogP contribution in [0.5, 0.6) is 11.5 Å². The van der Waals surface area contributed by atoms with Crippen molar-refractivity contribution in [2.24, 2.45) is 0 Å². The Morgan fingerprint density at radius 2 is 1.55 bits per heavy atom. The third-order valence-electron chi connectivity index (χ3n) is 2.38. The van der Waals surface area contributed by atoms with Crippen molar-refractivity contribution in [3.05, 3.63) is 46.4 Å². The highest BCUT2D eigenvalue weighted by molar-refractivity contribution is 7.86. The number of nitrogens with two attached hydrogens (primary N) is 1. The van der Waals surface area contributed by atoms with Crippen LogP contribution < -0.4 is 10.5 Å². The maximum absolute atomic E-state index is 11.3. The molecule has 2 aromatic carbocycles. The lowest BCUT2D eigenvalue weighted by atomic mass is 10.3. The predicted molar refractivity (Wildman–Crippen MR) is 77.2 cm³/mol. The van der Waals surface area contributed by atoms with Gasteiger partial charge < -0.3 is 10.5 Å². The number of benzene rings is 2. The van der Waals surface area contributed by atoms with Crippen LogP contribution in [0.25, 0.3) is 0 Å². The highest BCUT2D eigenvalue weighted by Gasteiger charge is 2.18. The van der Waals surface area contributed by atoms with Crippen molar-refractivity contribution in [2.45, 2.75) is 4.90 Å². The van der Waals surface area contributed by atoms with Crippen LogP contribution in [-0.4, -0.2) is 13.0 Å². The first kappa shape index (κ1) is 14.9. The zero-order chi connectivity index (χ0) is 14.9. The van der Waals surface area contributed by atoms with E-state index in [9.17, 15) is 8.42 Å². The Labute approximate surface area is 125 Å². The van der Waals surface area contributed by atoms with E-state index in [4.69, 9.17) is 38.2 Å². The number of hydrogen-bond donors (Lipinski definition) is 2. The lowest BCUT2D eigenvalue weighted by molar-refractivity contribution is 0.451. The van der Waals surface area contributed by atoms with Crippen molar-refractivity contribution in [3.8, 4) is 11.5 Å². The first-order chi connectivity index (χ1) is 9.27. The standard InChI is InChI=1S/C12H9Cl2NO4S/c13-7-1-3-10(9(15)5-7)19-11-4-2-8(14)6-12(11)20(16,17)18/h1-6H,15H2,(H,16,17,18). The van der Waals surface area contributed by atoms with Crippen LogP contribution in [0.2, 0.25) is 10.0 Å². The fourth-order valence-corrected chi connectivity index (χ4v) is 2.56. The summed E-state index contributed by atoms with van der Waals surface area (Å²) in [5, 5.41) is 0.565. The van der Waals surface area contributed by atoms with Gasteiger partial charge in [-0.2, -0.15) is 8.42 Å². The Morgan fingerprint density at radius 1 is 1.00 bits per heavy atom. The molecule has 0 amide bonds. The molecule has 0 saturated heterocycles. The molecular formula is C12H9Cl2NO4S.